The van der Waals surface area contributed by atoms with E-state index in [2.05, 4.69) is 15.3 Å². The molecular formula is C18H19N3O2. The van der Waals surface area contributed by atoms with Crippen molar-refractivity contribution < 1.29 is 9.52 Å². The van der Waals surface area contributed by atoms with E-state index in [1.54, 1.807) is 24.6 Å². The number of aliphatic hydroxyl groups is 1. The number of nitrogens with one attached hydrogen (secondary N) is 1. The number of aromatic nitrogens is 2. The molecule has 1 aromatic carbocycles. The highest BCUT2D eigenvalue weighted by Crippen LogP contribution is 2.21. The minimum absolute atomic E-state index is 0.0358. The van der Waals surface area contributed by atoms with Gasteiger partial charge in [0.2, 0.25) is 0 Å². The van der Waals surface area contributed by atoms with Crippen LogP contribution in [0.4, 0.5) is 5.82 Å². The van der Waals surface area contributed by atoms with Crippen LogP contribution in [0.1, 0.15) is 25.2 Å². The van der Waals surface area contributed by atoms with Gasteiger partial charge in [0, 0.05) is 24.2 Å². The van der Waals surface area contributed by atoms with Gasteiger partial charge in [0.05, 0.1) is 6.26 Å². The predicted molar refractivity (Wildman–Crippen MR) is 88.8 cm³/mol. The molecule has 0 spiro atoms. The van der Waals surface area contributed by atoms with Crippen molar-refractivity contribution in [3.63, 3.8) is 0 Å². The van der Waals surface area contributed by atoms with Gasteiger partial charge in [0.1, 0.15) is 17.7 Å². The molecule has 5 nitrogen and oxygen atoms in total. The van der Waals surface area contributed by atoms with E-state index >= 15 is 0 Å². The molecule has 118 valence electrons. The fraction of sp³-hybridized carbons (Fsp3) is 0.222. The van der Waals surface area contributed by atoms with Gasteiger partial charge in [0.25, 0.3) is 0 Å². The van der Waals surface area contributed by atoms with Crippen LogP contribution >= 0.6 is 0 Å². The molecule has 0 amide bonds. The standard InChI is InChI=1S/C18H19N3O2/c1-13(12-15(22)16-8-5-11-23-16)20-17-9-10-19-18(21-17)14-6-3-2-4-7-14/h2-11,13,15,22H,12H2,1H3,(H,19,20,21)/t13-,15-/m0/s1. The van der Waals surface area contributed by atoms with Gasteiger partial charge in [-0.25, -0.2) is 9.97 Å². The summed E-state index contributed by atoms with van der Waals surface area (Å²) in [6.45, 7) is 2.00. The van der Waals surface area contributed by atoms with Crippen LogP contribution in [-0.4, -0.2) is 21.1 Å². The van der Waals surface area contributed by atoms with Crippen LogP contribution in [0.15, 0.2) is 65.4 Å². The minimum atomic E-state index is -0.636. The summed E-state index contributed by atoms with van der Waals surface area (Å²) >= 11 is 0. The third-order valence-corrected chi connectivity index (χ3v) is 3.53. The number of anilines is 1. The zero-order valence-electron chi connectivity index (χ0n) is 12.9. The minimum Gasteiger partial charge on any atom is -0.467 e. The van der Waals surface area contributed by atoms with E-state index in [0.29, 0.717) is 18.0 Å². The third kappa shape index (κ3) is 3.96. The second kappa shape index (κ2) is 7.07. The smallest absolute Gasteiger partial charge is 0.161 e. The van der Waals surface area contributed by atoms with Crippen molar-refractivity contribution >= 4 is 5.82 Å². The lowest BCUT2D eigenvalue weighted by atomic mass is 10.1. The Bertz CT molecular complexity index is 729. The first-order valence-electron chi connectivity index (χ1n) is 7.59. The number of aliphatic hydroxyl groups excluding tert-OH is 1. The van der Waals surface area contributed by atoms with Crippen LogP contribution in [0, 0.1) is 0 Å². The molecule has 3 aromatic rings. The molecule has 0 aliphatic carbocycles. The van der Waals surface area contributed by atoms with Gasteiger partial charge in [-0.1, -0.05) is 30.3 Å². The Balaban J connectivity index is 1.66. The molecule has 3 rings (SSSR count). The van der Waals surface area contributed by atoms with Crippen LogP contribution in [0.25, 0.3) is 11.4 Å². The summed E-state index contributed by atoms with van der Waals surface area (Å²) in [4.78, 5) is 8.83. The maximum Gasteiger partial charge on any atom is 0.161 e. The van der Waals surface area contributed by atoms with Crippen LogP contribution in [0.2, 0.25) is 0 Å². The first-order chi connectivity index (χ1) is 11.2. The number of nitrogens with zero attached hydrogens (tertiary/aromatic N) is 2. The van der Waals surface area contributed by atoms with Gasteiger partial charge in [-0.2, -0.15) is 0 Å². The first kappa shape index (κ1) is 15.2. The van der Waals surface area contributed by atoms with Gasteiger partial charge in [-0.15, -0.1) is 0 Å². The van der Waals surface area contributed by atoms with Crippen LogP contribution in [0.3, 0.4) is 0 Å². The molecule has 23 heavy (non-hydrogen) atoms. The molecule has 2 N–H and O–H groups in total. The summed E-state index contributed by atoms with van der Waals surface area (Å²) in [5.74, 6) is 1.98. The average Bonchev–Trinajstić information content (AvgIpc) is 3.10. The molecule has 0 saturated heterocycles. The molecule has 0 saturated carbocycles. The SMILES string of the molecule is C[C@@H](C[C@H](O)c1ccco1)Nc1ccnc(-c2ccccc2)n1. The summed E-state index contributed by atoms with van der Waals surface area (Å²) < 4.78 is 5.22. The second-order valence-electron chi connectivity index (χ2n) is 5.44. The summed E-state index contributed by atoms with van der Waals surface area (Å²) in [5, 5.41) is 13.4. The third-order valence-electron chi connectivity index (χ3n) is 3.53. The maximum atomic E-state index is 10.1. The predicted octanol–water partition coefficient (Wildman–Crippen LogP) is 3.66. The van der Waals surface area contributed by atoms with Crippen molar-refractivity contribution in [1.29, 1.82) is 0 Å². The van der Waals surface area contributed by atoms with Gasteiger partial charge in [-0.05, 0) is 25.1 Å². The Hall–Kier alpha value is -2.66. The largest absolute Gasteiger partial charge is 0.467 e. The van der Waals surface area contributed by atoms with E-state index in [1.807, 2.05) is 43.3 Å². The molecule has 0 unspecified atom stereocenters. The van der Waals surface area contributed by atoms with Crippen molar-refractivity contribution in [3.05, 3.63) is 66.8 Å². The van der Waals surface area contributed by atoms with E-state index in [0.717, 1.165) is 11.4 Å². The lowest BCUT2D eigenvalue weighted by Crippen LogP contribution is -2.19. The molecule has 0 radical (unpaired) electrons. The van der Waals surface area contributed by atoms with Crippen molar-refractivity contribution in [2.45, 2.75) is 25.5 Å². The van der Waals surface area contributed by atoms with Crippen molar-refractivity contribution in [2.24, 2.45) is 0 Å². The van der Waals surface area contributed by atoms with Gasteiger partial charge >= 0.3 is 0 Å². The highest BCUT2D eigenvalue weighted by Gasteiger charge is 2.15. The topological polar surface area (TPSA) is 71.2 Å². The summed E-state index contributed by atoms with van der Waals surface area (Å²) in [6, 6.07) is 15.2. The highest BCUT2D eigenvalue weighted by atomic mass is 16.4. The Morgan fingerprint density at radius 2 is 1.96 bits per heavy atom. The maximum absolute atomic E-state index is 10.1. The van der Waals surface area contributed by atoms with Gasteiger partial charge in [-0.3, -0.25) is 0 Å². The Morgan fingerprint density at radius 1 is 1.13 bits per heavy atom. The number of hydrogen-bond acceptors (Lipinski definition) is 5. The number of hydrogen-bond donors (Lipinski definition) is 2. The lowest BCUT2D eigenvalue weighted by Gasteiger charge is -2.17. The van der Waals surface area contributed by atoms with E-state index in [4.69, 9.17) is 4.42 Å². The molecule has 0 aliphatic rings. The number of rotatable bonds is 6. The summed E-state index contributed by atoms with van der Waals surface area (Å²) in [5.41, 5.74) is 0.972. The van der Waals surface area contributed by atoms with E-state index in [9.17, 15) is 5.11 Å². The molecule has 0 fully saturated rings. The zero-order chi connectivity index (χ0) is 16.1. The highest BCUT2D eigenvalue weighted by molar-refractivity contribution is 5.56. The Kier molecular flexibility index (Phi) is 4.68. The normalized spacial score (nSPS) is 13.5. The van der Waals surface area contributed by atoms with Crippen LogP contribution < -0.4 is 5.32 Å². The molecule has 0 aliphatic heterocycles. The van der Waals surface area contributed by atoms with E-state index < -0.39 is 6.10 Å². The fourth-order valence-corrected chi connectivity index (χ4v) is 2.41. The van der Waals surface area contributed by atoms with Crippen molar-refractivity contribution in [3.8, 4) is 11.4 Å². The molecular weight excluding hydrogens is 290 g/mol. The molecule has 2 aromatic heterocycles. The van der Waals surface area contributed by atoms with Crippen molar-refractivity contribution in [1.82, 2.24) is 9.97 Å². The van der Waals surface area contributed by atoms with E-state index in [-0.39, 0.29) is 6.04 Å². The monoisotopic (exact) mass is 309 g/mol. The summed E-state index contributed by atoms with van der Waals surface area (Å²) in [7, 11) is 0. The van der Waals surface area contributed by atoms with Gasteiger partial charge < -0.3 is 14.8 Å². The van der Waals surface area contributed by atoms with Gasteiger partial charge in [0.15, 0.2) is 5.82 Å². The van der Waals surface area contributed by atoms with Crippen LogP contribution in [-0.2, 0) is 0 Å². The molecule has 5 heteroatoms. The Morgan fingerprint density at radius 3 is 2.70 bits per heavy atom. The number of benzene rings is 1. The van der Waals surface area contributed by atoms with E-state index in [1.165, 1.54) is 0 Å². The number of furan rings is 1. The van der Waals surface area contributed by atoms with Crippen molar-refractivity contribution in [2.75, 3.05) is 5.32 Å². The lowest BCUT2D eigenvalue weighted by molar-refractivity contribution is 0.136. The van der Waals surface area contributed by atoms with Crippen LogP contribution in [0.5, 0.6) is 0 Å². The first-order valence-corrected chi connectivity index (χ1v) is 7.59. The zero-order valence-corrected chi connectivity index (χ0v) is 12.9. The average molecular weight is 309 g/mol. The quantitative estimate of drug-likeness (QED) is 0.727. The molecule has 2 atom stereocenters. The Labute approximate surface area is 135 Å². The summed E-state index contributed by atoms with van der Waals surface area (Å²) in [6.07, 6.45) is 3.18. The molecule has 2 heterocycles. The second-order valence-corrected chi connectivity index (χ2v) is 5.44. The molecule has 0 bridgehead atoms. The fourth-order valence-electron chi connectivity index (χ4n) is 2.41.